The minimum absolute atomic E-state index is 0.115. The van der Waals surface area contributed by atoms with Gasteiger partial charge in [0, 0.05) is 19.2 Å². The summed E-state index contributed by atoms with van der Waals surface area (Å²) in [6.45, 7) is 6.15. The van der Waals surface area contributed by atoms with Gasteiger partial charge in [-0.05, 0) is 49.0 Å². The lowest BCUT2D eigenvalue weighted by atomic mass is 9.83. The molecule has 0 amide bonds. The molecule has 6 nitrogen and oxygen atoms in total. The third-order valence-electron chi connectivity index (χ3n) is 8.47. The molecule has 0 unspecified atom stereocenters. The minimum atomic E-state index is 0.115. The highest BCUT2D eigenvalue weighted by Crippen LogP contribution is 2.39. The first kappa shape index (κ1) is 24.1. The van der Waals surface area contributed by atoms with Crippen molar-refractivity contribution < 1.29 is 9.47 Å². The van der Waals surface area contributed by atoms with Gasteiger partial charge in [-0.3, -0.25) is 0 Å². The Balaban J connectivity index is 1.42. The maximum Gasteiger partial charge on any atom is 0.241 e. The second-order valence-corrected chi connectivity index (χ2v) is 11.5. The predicted octanol–water partition coefficient (Wildman–Crippen LogP) is 6.67. The molecule has 0 bridgehead atoms. The zero-order valence-electron chi connectivity index (χ0n) is 21.2. The van der Waals surface area contributed by atoms with Gasteiger partial charge in [0.05, 0.1) is 31.4 Å². The first-order chi connectivity index (χ1) is 17.7. The van der Waals surface area contributed by atoms with Gasteiger partial charge in [-0.1, -0.05) is 68.1 Å². The molecule has 0 spiro atoms. The highest BCUT2D eigenvalue weighted by Gasteiger charge is 2.32. The van der Waals surface area contributed by atoms with Crippen molar-refractivity contribution >= 4 is 28.6 Å². The smallest absolute Gasteiger partial charge is 0.241 e. The van der Waals surface area contributed by atoms with Crippen molar-refractivity contribution in [2.75, 3.05) is 31.3 Å². The topological polar surface area (TPSA) is 52.4 Å². The molecule has 6 rings (SSSR count). The Kier molecular flexibility index (Phi) is 7.07. The van der Waals surface area contributed by atoms with Crippen LogP contribution in [-0.4, -0.2) is 40.9 Å². The van der Waals surface area contributed by atoms with Crippen molar-refractivity contribution in [1.29, 1.82) is 0 Å². The summed E-state index contributed by atoms with van der Waals surface area (Å²) in [5, 5.41) is 0.440. The number of hydrogen-bond acceptors (Lipinski definition) is 5. The zero-order chi connectivity index (χ0) is 24.5. The molecular formula is C29H37ClN4O2. The van der Waals surface area contributed by atoms with E-state index in [9.17, 15) is 0 Å². The number of hydrogen-bond donors (Lipinski definition) is 0. The van der Waals surface area contributed by atoms with Crippen LogP contribution in [-0.2, 0) is 11.3 Å². The summed E-state index contributed by atoms with van der Waals surface area (Å²) in [6, 6.07) is 12.7. The van der Waals surface area contributed by atoms with Crippen molar-refractivity contribution in [1.82, 2.24) is 14.5 Å². The van der Waals surface area contributed by atoms with Crippen molar-refractivity contribution in [3.63, 3.8) is 0 Å². The maximum absolute atomic E-state index is 6.49. The number of pyridine rings is 1. The van der Waals surface area contributed by atoms with Crippen LogP contribution in [0.1, 0.15) is 63.5 Å². The number of morpholine rings is 1. The van der Waals surface area contributed by atoms with Crippen molar-refractivity contribution in [3.8, 4) is 5.88 Å². The largest absolute Gasteiger partial charge is 0.476 e. The highest BCUT2D eigenvalue weighted by molar-refractivity contribution is 6.30. The zero-order valence-corrected chi connectivity index (χ0v) is 22.0. The van der Waals surface area contributed by atoms with E-state index in [2.05, 4.69) is 51.7 Å². The second kappa shape index (κ2) is 10.6. The number of aromatic nitrogens is 3. The summed E-state index contributed by atoms with van der Waals surface area (Å²) in [7, 11) is 0. The van der Waals surface area contributed by atoms with Crippen LogP contribution in [0.2, 0.25) is 5.15 Å². The Bertz CT molecular complexity index is 1170. The van der Waals surface area contributed by atoms with Crippen LogP contribution in [0.4, 0.5) is 5.95 Å². The Morgan fingerprint density at radius 1 is 1.03 bits per heavy atom. The summed E-state index contributed by atoms with van der Waals surface area (Å²) in [4.78, 5) is 12.3. The Labute approximate surface area is 219 Å². The van der Waals surface area contributed by atoms with E-state index in [1.54, 1.807) is 0 Å². The number of benzene rings is 1. The predicted molar refractivity (Wildman–Crippen MR) is 144 cm³/mol. The van der Waals surface area contributed by atoms with Gasteiger partial charge >= 0.3 is 0 Å². The molecule has 3 aliphatic rings. The normalized spacial score (nSPS) is 25.2. The van der Waals surface area contributed by atoms with E-state index in [1.807, 2.05) is 6.07 Å². The Morgan fingerprint density at radius 2 is 1.83 bits per heavy atom. The minimum Gasteiger partial charge on any atom is -0.476 e. The van der Waals surface area contributed by atoms with Crippen LogP contribution in [0.25, 0.3) is 11.0 Å². The number of ether oxygens (including phenoxy) is 2. The van der Waals surface area contributed by atoms with Crippen LogP contribution in [0.5, 0.6) is 5.88 Å². The third kappa shape index (κ3) is 4.95. The molecule has 3 aromatic rings. The van der Waals surface area contributed by atoms with E-state index in [-0.39, 0.29) is 6.04 Å². The molecule has 1 aliphatic heterocycles. The Morgan fingerprint density at radius 3 is 2.58 bits per heavy atom. The van der Waals surface area contributed by atoms with E-state index in [1.165, 1.54) is 50.5 Å². The lowest BCUT2D eigenvalue weighted by Gasteiger charge is -2.37. The molecule has 1 aromatic carbocycles. The van der Waals surface area contributed by atoms with Gasteiger partial charge in [0.2, 0.25) is 11.8 Å². The molecule has 36 heavy (non-hydrogen) atoms. The van der Waals surface area contributed by atoms with Gasteiger partial charge in [0.15, 0.2) is 0 Å². The molecule has 1 atom stereocenters. The number of fused-ring (bicyclic) bond motifs is 1. The summed E-state index contributed by atoms with van der Waals surface area (Å²) < 4.78 is 14.7. The molecule has 3 heterocycles. The highest BCUT2D eigenvalue weighted by atomic mass is 35.5. The number of anilines is 1. The molecule has 0 N–H and O–H groups in total. The number of nitrogens with zero attached hydrogens (tertiary/aromatic N) is 4. The molecule has 2 saturated carbocycles. The first-order valence-corrected chi connectivity index (χ1v) is 14.1. The first-order valence-electron chi connectivity index (χ1n) is 13.7. The van der Waals surface area contributed by atoms with E-state index in [0.717, 1.165) is 36.0 Å². The molecule has 2 aromatic heterocycles. The fraction of sp³-hybridized carbons (Fsp3) is 0.586. The standard InChI is InChI=1S/C29H37ClN4O2/c1-20-10-12-21(13-11-20)17-34-27-24(16-26(30)32-28(27)36-18-22-6-5-7-22)31-29(34)33-14-15-35-19-25(33)23-8-3-2-4-9-23/h2-4,8-9,16,20-22,25H,5-7,10-15,17-19H2,1H3/t20-,21-,25-/m0/s1. The summed E-state index contributed by atoms with van der Waals surface area (Å²) in [5.41, 5.74) is 3.11. The van der Waals surface area contributed by atoms with Gasteiger partial charge in [-0.15, -0.1) is 0 Å². The van der Waals surface area contributed by atoms with Crippen molar-refractivity contribution in [2.24, 2.45) is 17.8 Å². The second-order valence-electron chi connectivity index (χ2n) is 11.1. The molecule has 1 saturated heterocycles. The van der Waals surface area contributed by atoms with E-state index < -0.39 is 0 Å². The molecule has 192 valence electrons. The third-order valence-corrected chi connectivity index (χ3v) is 8.66. The van der Waals surface area contributed by atoms with Gasteiger partial charge in [0.1, 0.15) is 10.7 Å². The van der Waals surface area contributed by atoms with E-state index in [0.29, 0.717) is 42.7 Å². The van der Waals surface area contributed by atoms with E-state index in [4.69, 9.17) is 26.1 Å². The Hall–Kier alpha value is -2.31. The number of rotatable bonds is 7. The molecule has 7 heteroatoms. The molecule has 3 fully saturated rings. The van der Waals surface area contributed by atoms with Crippen LogP contribution in [0, 0.1) is 17.8 Å². The van der Waals surface area contributed by atoms with E-state index >= 15 is 0 Å². The summed E-state index contributed by atoms with van der Waals surface area (Å²) in [6.07, 6.45) is 8.88. The molecule has 0 radical (unpaired) electrons. The van der Waals surface area contributed by atoms with Gasteiger partial charge in [-0.25, -0.2) is 4.98 Å². The van der Waals surface area contributed by atoms with Gasteiger partial charge < -0.3 is 18.9 Å². The van der Waals surface area contributed by atoms with Crippen molar-refractivity contribution in [3.05, 3.63) is 47.1 Å². The lowest BCUT2D eigenvalue weighted by Crippen LogP contribution is -2.41. The average Bonchev–Trinajstić information content (AvgIpc) is 3.22. The van der Waals surface area contributed by atoms with Crippen LogP contribution in [0.15, 0.2) is 36.4 Å². The summed E-state index contributed by atoms with van der Waals surface area (Å²) in [5.74, 6) is 3.70. The summed E-state index contributed by atoms with van der Waals surface area (Å²) >= 11 is 6.49. The lowest BCUT2D eigenvalue weighted by molar-refractivity contribution is 0.0927. The molecule has 2 aliphatic carbocycles. The number of imidazole rings is 1. The SMILES string of the molecule is C[C@H]1CC[C@H](Cn2c(N3CCOC[C@H]3c3ccccc3)nc3cc(Cl)nc(OCC4CCC4)c32)CC1. The van der Waals surface area contributed by atoms with Crippen LogP contribution in [0.3, 0.4) is 0 Å². The van der Waals surface area contributed by atoms with Crippen LogP contribution >= 0.6 is 11.6 Å². The van der Waals surface area contributed by atoms with Gasteiger partial charge in [0.25, 0.3) is 0 Å². The average molecular weight is 509 g/mol. The van der Waals surface area contributed by atoms with Crippen LogP contribution < -0.4 is 9.64 Å². The quantitative estimate of drug-likeness (QED) is 0.334. The van der Waals surface area contributed by atoms with Gasteiger partial charge in [-0.2, -0.15) is 4.98 Å². The fourth-order valence-corrected chi connectivity index (χ4v) is 6.17. The molecular weight excluding hydrogens is 472 g/mol. The fourth-order valence-electron chi connectivity index (χ4n) is 5.99. The maximum atomic E-state index is 6.49. The van der Waals surface area contributed by atoms with Crippen molar-refractivity contribution in [2.45, 2.75) is 64.5 Å². The monoisotopic (exact) mass is 508 g/mol. The number of halogens is 1.